The van der Waals surface area contributed by atoms with E-state index in [0.717, 1.165) is 49.3 Å². The van der Waals surface area contributed by atoms with Gasteiger partial charge in [0.15, 0.2) is 0 Å². The molecule has 3 N–H and O–H groups in total. The zero-order valence-electron chi connectivity index (χ0n) is 15.7. The maximum atomic E-state index is 12.1. The minimum Gasteiger partial charge on any atom is -0.357 e. The molecule has 6 nitrogen and oxygen atoms in total. The monoisotopic (exact) mass is 413 g/mol. The second-order valence-electron chi connectivity index (χ2n) is 7.48. The van der Waals surface area contributed by atoms with Gasteiger partial charge in [-0.1, -0.05) is 0 Å². The van der Waals surface area contributed by atoms with Gasteiger partial charge in [-0.2, -0.15) is 0 Å². The maximum absolute atomic E-state index is 12.1. The molecule has 2 fully saturated rings. The van der Waals surface area contributed by atoms with Crippen molar-refractivity contribution in [3.05, 3.63) is 24.0 Å². The Morgan fingerprint density at radius 3 is 2.81 bits per heavy atom. The lowest BCUT2D eigenvalue weighted by molar-refractivity contribution is -0.116. The number of anilines is 1. The van der Waals surface area contributed by atoms with E-state index in [9.17, 15) is 4.79 Å². The number of aromatic amines is 1. The largest absolute Gasteiger partial charge is 0.357 e. The fraction of sp³-hybridized carbons (Fsp3) is 0.579. The van der Waals surface area contributed by atoms with Gasteiger partial charge in [-0.25, -0.2) is 4.98 Å². The van der Waals surface area contributed by atoms with Gasteiger partial charge in [0.25, 0.3) is 0 Å². The van der Waals surface area contributed by atoms with Crippen molar-refractivity contribution in [3.63, 3.8) is 0 Å². The van der Waals surface area contributed by atoms with Crippen molar-refractivity contribution in [3.8, 4) is 0 Å². The van der Waals surface area contributed by atoms with Gasteiger partial charge in [0.05, 0.1) is 5.52 Å². The summed E-state index contributed by atoms with van der Waals surface area (Å²) in [6.45, 7) is 3.35. The fourth-order valence-corrected chi connectivity index (χ4v) is 3.91. The average molecular weight is 414 g/mol. The predicted molar refractivity (Wildman–Crippen MR) is 114 cm³/mol. The molecule has 0 aliphatic carbocycles. The Labute approximate surface area is 172 Å². The predicted octanol–water partition coefficient (Wildman–Crippen LogP) is 3.50. The number of nitrogens with one attached hydrogen (secondary N) is 3. The number of carbonyl (C=O) groups excluding carboxylic acids is 1. The van der Waals surface area contributed by atoms with Crippen molar-refractivity contribution in [2.24, 2.45) is 5.92 Å². The average Bonchev–Trinajstić information content (AvgIpc) is 3.14. The molecule has 0 bridgehead atoms. The number of hydrogen-bond acceptors (Lipinski definition) is 4. The molecule has 1 amide bonds. The Balaban J connectivity index is 0.00000131. The van der Waals surface area contributed by atoms with Crippen LogP contribution in [0.4, 0.5) is 5.82 Å². The highest BCUT2D eigenvalue weighted by molar-refractivity contribution is 5.92. The highest BCUT2D eigenvalue weighted by Gasteiger charge is 2.24. The van der Waals surface area contributed by atoms with E-state index in [1.165, 1.54) is 18.5 Å². The fourth-order valence-electron chi connectivity index (χ4n) is 3.91. The molecule has 27 heavy (non-hydrogen) atoms. The molecule has 2 saturated heterocycles. The van der Waals surface area contributed by atoms with E-state index < -0.39 is 0 Å². The number of amides is 1. The summed E-state index contributed by atoms with van der Waals surface area (Å²) in [4.78, 5) is 22.4. The molecule has 2 aromatic heterocycles. The molecule has 0 radical (unpaired) electrons. The molecule has 0 aromatic carbocycles. The minimum absolute atomic E-state index is 0. The zero-order chi connectivity index (χ0) is 17.2. The molecule has 2 aromatic rings. The third-order valence-corrected chi connectivity index (χ3v) is 5.55. The number of aromatic nitrogens is 2. The first kappa shape index (κ1) is 22.0. The van der Waals surface area contributed by atoms with Crippen LogP contribution in [0.1, 0.15) is 43.8 Å². The number of halogens is 2. The summed E-state index contributed by atoms with van der Waals surface area (Å²) in [5.41, 5.74) is 2.29. The Bertz CT molecular complexity index is 762. The van der Waals surface area contributed by atoms with E-state index >= 15 is 0 Å². The normalized spacial score (nSPS) is 20.0. The molecule has 0 spiro atoms. The number of nitrogens with zero attached hydrogens (tertiary/aromatic N) is 2. The summed E-state index contributed by atoms with van der Waals surface area (Å²) in [6, 6.07) is 4.60. The second-order valence-corrected chi connectivity index (χ2v) is 7.48. The summed E-state index contributed by atoms with van der Waals surface area (Å²) in [5, 5.41) is 7.30. The molecule has 4 rings (SSSR count). The first-order valence-electron chi connectivity index (χ1n) is 9.38. The number of likely N-dealkylation sites (tertiary alicyclic amines) is 1. The Hall–Kier alpha value is -1.34. The maximum Gasteiger partial charge on any atom is 0.225 e. The van der Waals surface area contributed by atoms with Crippen LogP contribution in [-0.4, -0.2) is 47.5 Å². The molecule has 0 saturated carbocycles. The summed E-state index contributed by atoms with van der Waals surface area (Å²) < 4.78 is 0. The van der Waals surface area contributed by atoms with Crippen molar-refractivity contribution in [2.75, 3.05) is 32.0 Å². The van der Waals surface area contributed by atoms with Crippen LogP contribution < -0.4 is 10.6 Å². The van der Waals surface area contributed by atoms with E-state index in [0.29, 0.717) is 18.3 Å². The van der Waals surface area contributed by atoms with E-state index in [1.54, 1.807) is 0 Å². The van der Waals surface area contributed by atoms with Gasteiger partial charge in [-0.15, -0.1) is 24.8 Å². The number of hydrogen-bond donors (Lipinski definition) is 3. The standard InChI is InChI=1S/C19H27N5O.2ClH/c1-24-7-3-5-17(24)16-8-14-12-21-18(9-15(14)22-16)23-19(25)6-2-4-13-10-20-11-13;;/h8-9,12-13,17,20,22H,2-7,10-11H2,1H3,(H,21,23,25);2*1H/t17-;;/m1../s1. The lowest BCUT2D eigenvalue weighted by atomic mass is 9.96. The Morgan fingerprint density at radius 1 is 1.33 bits per heavy atom. The van der Waals surface area contributed by atoms with Gasteiger partial charge in [0.2, 0.25) is 5.91 Å². The molecular formula is C19H29Cl2N5O. The van der Waals surface area contributed by atoms with Crippen LogP contribution in [0, 0.1) is 5.92 Å². The number of fused-ring (bicyclic) bond motifs is 1. The van der Waals surface area contributed by atoms with Gasteiger partial charge in [0.1, 0.15) is 5.82 Å². The van der Waals surface area contributed by atoms with Gasteiger partial charge < -0.3 is 15.6 Å². The lowest BCUT2D eigenvalue weighted by Crippen LogP contribution is -2.41. The number of pyridine rings is 1. The SMILES string of the molecule is CN1CCC[C@@H]1c1cc2cnc(NC(=O)CCCC3CNC3)cc2[nH]1.Cl.Cl. The molecule has 150 valence electrons. The van der Waals surface area contributed by atoms with Gasteiger partial charge in [-0.3, -0.25) is 9.69 Å². The van der Waals surface area contributed by atoms with Crippen molar-refractivity contribution in [1.29, 1.82) is 0 Å². The summed E-state index contributed by atoms with van der Waals surface area (Å²) in [6.07, 6.45) is 6.92. The molecule has 1 atom stereocenters. The third-order valence-electron chi connectivity index (χ3n) is 5.55. The summed E-state index contributed by atoms with van der Waals surface area (Å²) in [5.74, 6) is 1.45. The van der Waals surface area contributed by atoms with Crippen molar-refractivity contribution in [1.82, 2.24) is 20.2 Å². The van der Waals surface area contributed by atoms with Crippen molar-refractivity contribution < 1.29 is 4.79 Å². The van der Waals surface area contributed by atoms with Crippen LogP contribution in [0.2, 0.25) is 0 Å². The van der Waals surface area contributed by atoms with Crippen LogP contribution in [0.5, 0.6) is 0 Å². The molecular weight excluding hydrogens is 385 g/mol. The smallest absolute Gasteiger partial charge is 0.225 e. The highest BCUT2D eigenvalue weighted by Crippen LogP contribution is 2.32. The Morgan fingerprint density at radius 2 is 2.15 bits per heavy atom. The van der Waals surface area contributed by atoms with Crippen LogP contribution in [0.25, 0.3) is 10.9 Å². The van der Waals surface area contributed by atoms with Crippen LogP contribution >= 0.6 is 24.8 Å². The van der Waals surface area contributed by atoms with Crippen LogP contribution in [0.3, 0.4) is 0 Å². The number of rotatable bonds is 6. The Kier molecular flexibility index (Phi) is 7.91. The van der Waals surface area contributed by atoms with E-state index in [4.69, 9.17) is 0 Å². The quantitative estimate of drug-likeness (QED) is 0.677. The third kappa shape index (κ3) is 5.13. The summed E-state index contributed by atoms with van der Waals surface area (Å²) in [7, 11) is 2.17. The molecule has 4 heterocycles. The van der Waals surface area contributed by atoms with Crippen molar-refractivity contribution in [2.45, 2.75) is 38.1 Å². The summed E-state index contributed by atoms with van der Waals surface area (Å²) >= 11 is 0. The second kappa shape index (κ2) is 9.73. The molecule has 2 aliphatic heterocycles. The van der Waals surface area contributed by atoms with Gasteiger partial charge in [0, 0.05) is 35.8 Å². The number of H-pyrrole nitrogens is 1. The number of carbonyl (C=O) groups is 1. The van der Waals surface area contributed by atoms with E-state index in [2.05, 4.69) is 38.6 Å². The molecule has 0 unspecified atom stereocenters. The van der Waals surface area contributed by atoms with Crippen molar-refractivity contribution >= 4 is 47.4 Å². The van der Waals surface area contributed by atoms with Gasteiger partial charge >= 0.3 is 0 Å². The van der Waals surface area contributed by atoms with E-state index in [-0.39, 0.29) is 30.7 Å². The lowest BCUT2D eigenvalue weighted by Gasteiger charge is -2.26. The van der Waals surface area contributed by atoms with Gasteiger partial charge in [-0.05, 0) is 64.3 Å². The van der Waals surface area contributed by atoms with Crippen LogP contribution in [-0.2, 0) is 4.79 Å². The van der Waals surface area contributed by atoms with E-state index in [1.807, 2.05) is 12.3 Å². The molecule has 2 aliphatic rings. The minimum atomic E-state index is 0. The highest BCUT2D eigenvalue weighted by atomic mass is 35.5. The molecule has 8 heteroatoms. The van der Waals surface area contributed by atoms with Crippen LogP contribution in [0.15, 0.2) is 18.3 Å². The first-order chi connectivity index (χ1) is 12.2. The first-order valence-corrected chi connectivity index (χ1v) is 9.38. The zero-order valence-corrected chi connectivity index (χ0v) is 17.3. The topological polar surface area (TPSA) is 73.1 Å².